The highest BCUT2D eigenvalue weighted by atomic mass is 17.2. The fourth-order valence-electron chi connectivity index (χ4n) is 1.38. The second kappa shape index (κ2) is 4.91. The Kier molecular flexibility index (Phi) is 3.82. The Morgan fingerprint density at radius 2 is 2.00 bits per heavy atom. The van der Waals surface area contributed by atoms with Gasteiger partial charge < -0.3 is 5.11 Å². The van der Waals surface area contributed by atoms with Gasteiger partial charge in [-0.05, 0) is 36.6 Å². The molecule has 0 aliphatic heterocycles. The molecular formula is C11H14O4. The first-order chi connectivity index (χ1) is 7.06. The molecule has 1 aromatic rings. The zero-order chi connectivity index (χ0) is 11.4. The van der Waals surface area contributed by atoms with Crippen LogP contribution >= 0.6 is 0 Å². The first-order valence-electron chi connectivity index (χ1n) is 4.55. The number of aryl methyl sites for hydroxylation is 2. The summed E-state index contributed by atoms with van der Waals surface area (Å²) in [5.41, 5.74) is 2.87. The zero-order valence-electron chi connectivity index (χ0n) is 9.03. The van der Waals surface area contributed by atoms with Crippen LogP contribution in [-0.2, 0) is 16.4 Å². The fraction of sp³-hybridized carbons (Fsp3) is 0.364. The van der Waals surface area contributed by atoms with Gasteiger partial charge in [0.25, 0.3) is 0 Å². The number of carbonyl (C=O) groups is 1. The van der Waals surface area contributed by atoms with Crippen LogP contribution in [0.1, 0.15) is 27.0 Å². The maximum Gasteiger partial charge on any atom is 0.335 e. The molecule has 0 atom stereocenters. The predicted octanol–water partition coefficient (Wildman–Crippen LogP) is 2.08. The summed E-state index contributed by atoms with van der Waals surface area (Å²) in [6.45, 7) is 3.93. The van der Waals surface area contributed by atoms with Gasteiger partial charge in [-0.2, -0.15) is 0 Å². The van der Waals surface area contributed by atoms with Crippen molar-refractivity contribution in [1.29, 1.82) is 0 Å². The lowest BCUT2D eigenvalue weighted by Gasteiger charge is -2.08. The number of hydrogen-bond donors (Lipinski definition) is 1. The molecule has 0 radical (unpaired) electrons. The van der Waals surface area contributed by atoms with Gasteiger partial charge in [-0.15, -0.1) is 0 Å². The third-order valence-electron chi connectivity index (χ3n) is 2.25. The van der Waals surface area contributed by atoms with Crippen LogP contribution in [0, 0.1) is 13.8 Å². The van der Waals surface area contributed by atoms with E-state index in [0.29, 0.717) is 12.2 Å². The van der Waals surface area contributed by atoms with Gasteiger partial charge in [0.2, 0.25) is 0 Å². The molecule has 0 aliphatic carbocycles. The lowest BCUT2D eigenvalue weighted by molar-refractivity contribution is -0.282. The third-order valence-corrected chi connectivity index (χ3v) is 2.25. The smallest absolute Gasteiger partial charge is 0.335 e. The van der Waals surface area contributed by atoms with Gasteiger partial charge in [-0.25, -0.2) is 14.6 Å². The molecule has 0 heterocycles. The highest BCUT2D eigenvalue weighted by Crippen LogP contribution is 2.17. The van der Waals surface area contributed by atoms with Crippen LogP contribution in [0.25, 0.3) is 0 Å². The van der Waals surface area contributed by atoms with Gasteiger partial charge in [0.1, 0.15) is 6.61 Å². The molecule has 4 nitrogen and oxygen atoms in total. The number of carboxylic acids is 1. The molecule has 82 valence electrons. The van der Waals surface area contributed by atoms with Crippen molar-refractivity contribution in [2.24, 2.45) is 0 Å². The van der Waals surface area contributed by atoms with Gasteiger partial charge in [-0.1, -0.05) is 6.07 Å². The lowest BCUT2D eigenvalue weighted by atomic mass is 10.0. The quantitative estimate of drug-likeness (QED) is 0.610. The summed E-state index contributed by atoms with van der Waals surface area (Å²) in [6, 6.07) is 3.45. The SMILES string of the molecule is COOCc1cc(C)c(C(=O)O)cc1C. The molecule has 1 N–H and O–H groups in total. The highest BCUT2D eigenvalue weighted by Gasteiger charge is 2.10. The van der Waals surface area contributed by atoms with E-state index in [1.165, 1.54) is 7.11 Å². The Morgan fingerprint density at radius 1 is 1.33 bits per heavy atom. The normalized spacial score (nSPS) is 10.3. The molecule has 4 heteroatoms. The Bertz CT molecular complexity index is 371. The summed E-state index contributed by atoms with van der Waals surface area (Å²) in [6.07, 6.45) is 0. The van der Waals surface area contributed by atoms with Crippen molar-refractivity contribution in [3.8, 4) is 0 Å². The van der Waals surface area contributed by atoms with Crippen LogP contribution in [-0.4, -0.2) is 18.2 Å². The summed E-state index contributed by atoms with van der Waals surface area (Å²) in [5.74, 6) is -0.908. The first kappa shape index (κ1) is 11.7. The minimum absolute atomic E-state index is 0.322. The summed E-state index contributed by atoms with van der Waals surface area (Å²) in [4.78, 5) is 20.2. The standard InChI is InChI=1S/C11H14O4/c1-7-5-10(11(12)13)8(2)4-9(7)6-15-14-3/h4-5H,6H2,1-3H3,(H,12,13). The van der Waals surface area contributed by atoms with Crippen LogP contribution in [0.3, 0.4) is 0 Å². The predicted molar refractivity (Wildman–Crippen MR) is 54.7 cm³/mol. The highest BCUT2D eigenvalue weighted by molar-refractivity contribution is 5.89. The fourth-order valence-corrected chi connectivity index (χ4v) is 1.38. The van der Waals surface area contributed by atoms with E-state index in [1.54, 1.807) is 19.1 Å². The van der Waals surface area contributed by atoms with Crippen LogP contribution in [0.15, 0.2) is 12.1 Å². The van der Waals surface area contributed by atoms with Crippen LogP contribution < -0.4 is 0 Å². The average Bonchev–Trinajstić information content (AvgIpc) is 2.18. The van der Waals surface area contributed by atoms with Crippen LogP contribution in [0.2, 0.25) is 0 Å². The van der Waals surface area contributed by atoms with Gasteiger partial charge >= 0.3 is 5.97 Å². The molecule has 0 bridgehead atoms. The minimum Gasteiger partial charge on any atom is -0.478 e. The largest absolute Gasteiger partial charge is 0.478 e. The van der Waals surface area contributed by atoms with Crippen molar-refractivity contribution in [2.75, 3.05) is 7.11 Å². The van der Waals surface area contributed by atoms with E-state index in [0.717, 1.165) is 16.7 Å². The van der Waals surface area contributed by atoms with Gasteiger partial charge in [0, 0.05) is 0 Å². The number of carboxylic acid groups (broad SMARTS) is 1. The van der Waals surface area contributed by atoms with Crippen molar-refractivity contribution in [3.63, 3.8) is 0 Å². The van der Waals surface area contributed by atoms with E-state index in [2.05, 4.69) is 4.89 Å². The van der Waals surface area contributed by atoms with E-state index in [9.17, 15) is 4.79 Å². The van der Waals surface area contributed by atoms with E-state index < -0.39 is 5.97 Å². The molecule has 0 aromatic heterocycles. The summed E-state index contributed by atoms with van der Waals surface area (Å²) in [5, 5.41) is 8.90. The molecule has 0 fully saturated rings. The van der Waals surface area contributed by atoms with Crippen molar-refractivity contribution in [3.05, 3.63) is 34.4 Å². The molecule has 1 rings (SSSR count). The molecular weight excluding hydrogens is 196 g/mol. The lowest BCUT2D eigenvalue weighted by Crippen LogP contribution is -2.03. The van der Waals surface area contributed by atoms with Crippen molar-refractivity contribution in [1.82, 2.24) is 0 Å². The second-order valence-electron chi connectivity index (χ2n) is 3.33. The van der Waals surface area contributed by atoms with E-state index >= 15 is 0 Å². The molecule has 0 spiro atoms. The van der Waals surface area contributed by atoms with E-state index in [4.69, 9.17) is 9.99 Å². The summed E-state index contributed by atoms with van der Waals surface area (Å²) >= 11 is 0. The Balaban J connectivity index is 3.02. The summed E-state index contributed by atoms with van der Waals surface area (Å²) < 4.78 is 0. The Morgan fingerprint density at radius 3 is 2.53 bits per heavy atom. The average molecular weight is 210 g/mol. The molecule has 0 amide bonds. The van der Waals surface area contributed by atoms with Gasteiger partial charge in [0.15, 0.2) is 0 Å². The van der Waals surface area contributed by atoms with Crippen LogP contribution in [0.5, 0.6) is 0 Å². The first-order valence-corrected chi connectivity index (χ1v) is 4.55. The summed E-state index contributed by atoms with van der Waals surface area (Å²) in [7, 11) is 1.44. The monoisotopic (exact) mass is 210 g/mol. The molecule has 15 heavy (non-hydrogen) atoms. The molecule has 0 aliphatic rings. The molecule has 0 unspecified atom stereocenters. The topological polar surface area (TPSA) is 55.8 Å². The maximum atomic E-state index is 10.8. The molecule has 0 saturated carbocycles. The maximum absolute atomic E-state index is 10.8. The van der Waals surface area contributed by atoms with Crippen molar-refractivity contribution < 1.29 is 19.7 Å². The zero-order valence-corrected chi connectivity index (χ0v) is 9.03. The minimum atomic E-state index is -0.908. The van der Waals surface area contributed by atoms with E-state index in [-0.39, 0.29) is 0 Å². The van der Waals surface area contributed by atoms with Gasteiger partial charge in [0.05, 0.1) is 12.7 Å². The third kappa shape index (κ3) is 2.78. The number of aromatic carboxylic acids is 1. The van der Waals surface area contributed by atoms with Crippen LogP contribution in [0.4, 0.5) is 0 Å². The van der Waals surface area contributed by atoms with E-state index in [1.807, 2.05) is 6.92 Å². The van der Waals surface area contributed by atoms with Gasteiger partial charge in [-0.3, -0.25) is 0 Å². The Hall–Kier alpha value is -1.39. The second-order valence-corrected chi connectivity index (χ2v) is 3.33. The van der Waals surface area contributed by atoms with Crippen molar-refractivity contribution >= 4 is 5.97 Å². The number of benzene rings is 1. The van der Waals surface area contributed by atoms with Crippen molar-refractivity contribution in [2.45, 2.75) is 20.5 Å². The Labute approximate surface area is 88.4 Å². The molecule has 0 saturated heterocycles. The number of hydrogen-bond acceptors (Lipinski definition) is 3. The number of rotatable bonds is 4. The molecule has 1 aromatic carbocycles.